The first-order valence-electron chi connectivity index (χ1n) is 13.7. The third-order valence-electron chi connectivity index (χ3n) is 10.7. The molecule has 1 aromatic carbocycles. The van der Waals surface area contributed by atoms with Crippen molar-refractivity contribution in [1.82, 2.24) is 0 Å². The third-order valence-corrected chi connectivity index (χ3v) is 11.9. The summed E-state index contributed by atoms with van der Waals surface area (Å²) in [6.45, 7) is 9.06. The number of allylic oxidation sites excluding steroid dienone is 2. The van der Waals surface area contributed by atoms with Crippen molar-refractivity contribution in [2.45, 2.75) is 90.4 Å². The Morgan fingerprint density at radius 2 is 1.74 bits per heavy atom. The molecule has 5 rings (SSSR count). The summed E-state index contributed by atoms with van der Waals surface area (Å²) in [5.41, 5.74) is 2.88. The van der Waals surface area contributed by atoms with Gasteiger partial charge in [0.25, 0.3) is 10.0 Å². The van der Waals surface area contributed by atoms with Crippen LogP contribution in [0, 0.1) is 47.3 Å². The topological polar surface area (TPSA) is 63.6 Å². The van der Waals surface area contributed by atoms with Gasteiger partial charge in [0.1, 0.15) is 0 Å². The summed E-state index contributed by atoms with van der Waals surface area (Å²) in [6, 6.07) is 6.95. The Bertz CT molecular complexity index is 1150. The largest absolute Gasteiger partial charge is 0.295 e. The highest BCUT2D eigenvalue weighted by atomic mass is 32.2. The molecule has 0 radical (unpaired) electrons. The second-order valence-corrected chi connectivity index (χ2v) is 14.1. The minimum absolute atomic E-state index is 0.126. The van der Waals surface area contributed by atoms with Crippen LogP contribution in [0.25, 0.3) is 0 Å². The third kappa shape index (κ3) is 4.26. The smallest absolute Gasteiger partial charge is 0.281 e. The van der Waals surface area contributed by atoms with E-state index in [4.69, 9.17) is 0 Å². The van der Waals surface area contributed by atoms with E-state index in [1.165, 1.54) is 37.7 Å². The van der Waals surface area contributed by atoms with Crippen molar-refractivity contribution in [2.24, 2.45) is 44.8 Å². The number of carbonyl (C=O) groups is 1. The summed E-state index contributed by atoms with van der Waals surface area (Å²) in [5.74, 6) is 2.98. The van der Waals surface area contributed by atoms with Gasteiger partial charge >= 0.3 is 0 Å². The first-order valence-corrected chi connectivity index (χ1v) is 15.1. The van der Waals surface area contributed by atoms with E-state index < -0.39 is 10.0 Å². The molecule has 35 heavy (non-hydrogen) atoms. The predicted molar refractivity (Wildman–Crippen MR) is 141 cm³/mol. The van der Waals surface area contributed by atoms with Gasteiger partial charge in [0.05, 0.1) is 4.90 Å². The second kappa shape index (κ2) is 8.97. The molecule has 3 saturated carbocycles. The van der Waals surface area contributed by atoms with Crippen LogP contribution in [0.2, 0.25) is 0 Å². The van der Waals surface area contributed by atoms with E-state index in [1.54, 1.807) is 18.3 Å². The maximum absolute atomic E-state index is 12.8. The number of sulfonamides is 1. The highest BCUT2D eigenvalue weighted by molar-refractivity contribution is 7.90. The molecule has 0 saturated heterocycles. The average Bonchev–Trinajstić information content (AvgIpc) is 2.82. The van der Waals surface area contributed by atoms with Gasteiger partial charge in [-0.1, -0.05) is 50.5 Å². The summed E-state index contributed by atoms with van der Waals surface area (Å²) >= 11 is 0. The first-order chi connectivity index (χ1) is 16.5. The van der Waals surface area contributed by atoms with Gasteiger partial charge in [-0.05, 0) is 110 Å². The number of carbonyl (C=O) groups excluding carboxylic acids is 1. The van der Waals surface area contributed by atoms with Crippen LogP contribution in [0.3, 0.4) is 0 Å². The Labute approximate surface area is 211 Å². The number of ketones is 1. The van der Waals surface area contributed by atoms with Crippen molar-refractivity contribution in [3.05, 3.63) is 41.5 Å². The molecule has 190 valence electrons. The van der Waals surface area contributed by atoms with Gasteiger partial charge in [-0.3, -0.25) is 4.79 Å². The molecule has 3 unspecified atom stereocenters. The molecule has 0 aliphatic heterocycles. The summed E-state index contributed by atoms with van der Waals surface area (Å²) in [6.07, 6.45) is 13.8. The van der Waals surface area contributed by atoms with Crippen LogP contribution in [-0.2, 0) is 14.8 Å². The zero-order valence-corrected chi connectivity index (χ0v) is 22.6. The Balaban J connectivity index is 1.37. The maximum atomic E-state index is 12.8. The van der Waals surface area contributed by atoms with Crippen LogP contribution in [0.15, 0.2) is 45.2 Å². The zero-order chi connectivity index (χ0) is 25.0. The number of nitrogens with zero attached hydrogens (tertiary/aromatic N) is 1. The van der Waals surface area contributed by atoms with Crippen molar-refractivity contribution >= 4 is 22.0 Å². The highest BCUT2D eigenvalue weighted by Crippen LogP contribution is 2.66. The van der Waals surface area contributed by atoms with Crippen molar-refractivity contribution in [3.63, 3.8) is 0 Å². The van der Waals surface area contributed by atoms with Crippen molar-refractivity contribution < 1.29 is 13.2 Å². The Morgan fingerprint density at radius 3 is 2.49 bits per heavy atom. The van der Waals surface area contributed by atoms with Crippen molar-refractivity contribution in [3.8, 4) is 0 Å². The second-order valence-electron chi connectivity index (χ2n) is 12.5. The van der Waals surface area contributed by atoms with E-state index in [0.29, 0.717) is 35.9 Å². The normalized spacial score (nSPS) is 38.3. The molecule has 0 amide bonds. The lowest BCUT2D eigenvalue weighted by molar-refractivity contribution is -0.121. The zero-order valence-electron chi connectivity index (χ0n) is 21.8. The fourth-order valence-electron chi connectivity index (χ4n) is 8.71. The fourth-order valence-corrected chi connectivity index (χ4v) is 9.67. The molecular weight excluding hydrogens is 454 g/mol. The van der Waals surface area contributed by atoms with Gasteiger partial charge in [0.15, 0.2) is 5.78 Å². The SMILES string of the molecule is Cc1ccc(S(=O)(=O)/N=C\[C@@H](C)[C@H]2CCCC3C4CCC5=CC(=O)CC[C@]5(C)C4CC[C@@]32C)cc1. The molecule has 0 N–H and O–H groups in total. The molecule has 4 aliphatic rings. The molecule has 0 spiro atoms. The first kappa shape index (κ1) is 24.9. The monoisotopic (exact) mass is 495 g/mol. The van der Waals surface area contributed by atoms with Gasteiger partial charge in [0.2, 0.25) is 0 Å². The molecule has 4 aliphatic carbocycles. The molecular formula is C30H41NO3S. The van der Waals surface area contributed by atoms with E-state index in [9.17, 15) is 13.2 Å². The lowest BCUT2D eigenvalue weighted by Gasteiger charge is -2.62. The molecule has 4 nitrogen and oxygen atoms in total. The number of hydrogen-bond acceptors (Lipinski definition) is 3. The number of aryl methyl sites for hydroxylation is 1. The summed E-state index contributed by atoms with van der Waals surface area (Å²) in [4.78, 5) is 12.4. The molecule has 5 heteroatoms. The molecule has 1 aromatic rings. The molecule has 0 heterocycles. The van der Waals surface area contributed by atoms with Gasteiger partial charge < -0.3 is 0 Å². The van der Waals surface area contributed by atoms with Crippen LogP contribution < -0.4 is 0 Å². The lowest BCUT2D eigenvalue weighted by atomic mass is 9.42. The minimum atomic E-state index is -3.67. The van der Waals surface area contributed by atoms with E-state index in [1.807, 2.05) is 25.1 Å². The number of rotatable bonds is 4. The summed E-state index contributed by atoms with van der Waals surface area (Å²) in [7, 11) is -3.67. The quantitative estimate of drug-likeness (QED) is 0.426. The fraction of sp³-hybridized carbons (Fsp3) is 0.667. The Kier molecular flexibility index (Phi) is 6.39. The van der Waals surface area contributed by atoms with Gasteiger partial charge in [0, 0.05) is 12.6 Å². The van der Waals surface area contributed by atoms with Crippen LogP contribution in [-0.4, -0.2) is 20.4 Å². The Hall–Kier alpha value is -1.75. The molecule has 3 fully saturated rings. The van der Waals surface area contributed by atoms with E-state index in [0.717, 1.165) is 24.8 Å². The molecule has 0 bridgehead atoms. The van der Waals surface area contributed by atoms with Crippen molar-refractivity contribution in [1.29, 1.82) is 0 Å². The average molecular weight is 496 g/mol. The van der Waals surface area contributed by atoms with E-state index >= 15 is 0 Å². The number of hydrogen-bond donors (Lipinski definition) is 0. The Morgan fingerprint density at radius 1 is 1.00 bits per heavy atom. The molecule has 0 aromatic heterocycles. The molecule has 7 atom stereocenters. The van der Waals surface area contributed by atoms with Crippen LogP contribution in [0.5, 0.6) is 0 Å². The van der Waals surface area contributed by atoms with Crippen LogP contribution in [0.1, 0.15) is 84.1 Å². The van der Waals surface area contributed by atoms with E-state index in [2.05, 4.69) is 25.2 Å². The lowest BCUT2D eigenvalue weighted by Crippen LogP contribution is -2.55. The van der Waals surface area contributed by atoms with Crippen molar-refractivity contribution in [2.75, 3.05) is 0 Å². The number of benzene rings is 1. The van der Waals surface area contributed by atoms with Gasteiger partial charge in [-0.15, -0.1) is 0 Å². The van der Waals surface area contributed by atoms with Gasteiger partial charge in [-0.25, -0.2) is 0 Å². The van der Waals surface area contributed by atoms with Gasteiger partial charge in [-0.2, -0.15) is 12.8 Å². The van der Waals surface area contributed by atoms with E-state index in [-0.39, 0.29) is 21.6 Å². The standard InChI is InChI=1S/C30H41NO3S/c1-20-8-11-24(12-9-20)35(33,34)31-19-21(2)26-6-5-7-27-25-13-10-22-18-23(32)14-16-29(22,3)28(25)15-17-30(26,27)4/h8-9,11-12,18-19,21,25-28H,5-7,10,13-17H2,1-4H3/b31-19-/t21-,25?,26-,27?,28?,29+,30-/m1/s1. The predicted octanol–water partition coefficient (Wildman–Crippen LogP) is 6.93. The number of fused-ring (bicyclic) bond motifs is 5. The minimum Gasteiger partial charge on any atom is -0.295 e. The van der Waals surface area contributed by atoms with Crippen LogP contribution in [0.4, 0.5) is 0 Å². The highest BCUT2D eigenvalue weighted by Gasteiger charge is 2.58. The maximum Gasteiger partial charge on any atom is 0.281 e. The summed E-state index contributed by atoms with van der Waals surface area (Å²) < 4.78 is 29.9. The van der Waals surface area contributed by atoms with Crippen LogP contribution >= 0.6 is 0 Å². The summed E-state index contributed by atoms with van der Waals surface area (Å²) in [5, 5.41) is 0.